The number of para-hydroxylation sites is 1. The molecule has 10 heteroatoms. The number of amides is 3. The first kappa shape index (κ1) is 26.9. The molecule has 1 N–H and O–H groups in total. The lowest BCUT2D eigenvalue weighted by Crippen LogP contribution is -2.51. The van der Waals surface area contributed by atoms with E-state index in [4.69, 9.17) is 0 Å². The number of rotatable bonds is 6. The van der Waals surface area contributed by atoms with Crippen molar-refractivity contribution in [3.8, 4) is 0 Å². The highest BCUT2D eigenvalue weighted by molar-refractivity contribution is 5.94. The minimum absolute atomic E-state index is 0.0301. The van der Waals surface area contributed by atoms with E-state index in [0.717, 1.165) is 50.5 Å². The highest BCUT2D eigenvalue weighted by Gasteiger charge is 2.32. The standard InChI is InChI=1S/C27H34F3N5O2/c1-32-17-19-33(20-18-32)14-13-25(36)35(23-5-3-2-4-6-23)24-11-15-34(16-12-24)26(37)31-22-9-7-21(8-10-22)27(28,29)30/h2-10,24H,11-20H2,1H3,(H,31,37). The normalized spacial score (nSPS) is 18.0. The molecule has 0 unspecified atom stereocenters. The van der Waals surface area contributed by atoms with Crippen LogP contribution in [0.2, 0.25) is 0 Å². The third-order valence-electron chi connectivity index (χ3n) is 7.12. The third-order valence-corrected chi connectivity index (χ3v) is 7.12. The summed E-state index contributed by atoms with van der Waals surface area (Å²) in [7, 11) is 2.11. The van der Waals surface area contributed by atoms with Crippen molar-refractivity contribution in [3.63, 3.8) is 0 Å². The average Bonchev–Trinajstić information content (AvgIpc) is 2.89. The van der Waals surface area contributed by atoms with Crippen LogP contribution in [0.5, 0.6) is 0 Å². The van der Waals surface area contributed by atoms with Gasteiger partial charge in [0.1, 0.15) is 0 Å². The van der Waals surface area contributed by atoms with Gasteiger partial charge in [-0.3, -0.25) is 4.79 Å². The van der Waals surface area contributed by atoms with E-state index in [2.05, 4.69) is 22.2 Å². The van der Waals surface area contributed by atoms with Crippen LogP contribution in [0.15, 0.2) is 54.6 Å². The van der Waals surface area contributed by atoms with Gasteiger partial charge in [-0.25, -0.2) is 4.79 Å². The number of piperazine rings is 1. The topological polar surface area (TPSA) is 59.1 Å². The van der Waals surface area contributed by atoms with Crippen molar-refractivity contribution < 1.29 is 22.8 Å². The summed E-state index contributed by atoms with van der Waals surface area (Å²) in [6, 6.07) is 13.7. The van der Waals surface area contributed by atoms with Crippen LogP contribution in [-0.2, 0) is 11.0 Å². The minimum Gasteiger partial charge on any atom is -0.324 e. The van der Waals surface area contributed by atoms with Gasteiger partial charge in [0.05, 0.1) is 5.56 Å². The van der Waals surface area contributed by atoms with Gasteiger partial charge < -0.3 is 24.9 Å². The fourth-order valence-electron chi connectivity index (χ4n) is 4.86. The Morgan fingerprint density at radius 2 is 1.54 bits per heavy atom. The molecule has 37 heavy (non-hydrogen) atoms. The van der Waals surface area contributed by atoms with E-state index in [-0.39, 0.29) is 18.0 Å². The second-order valence-corrected chi connectivity index (χ2v) is 9.72. The van der Waals surface area contributed by atoms with E-state index in [1.165, 1.54) is 12.1 Å². The number of alkyl halides is 3. The Bertz CT molecular complexity index is 1030. The molecule has 3 amide bonds. The Kier molecular flexibility index (Phi) is 8.71. The van der Waals surface area contributed by atoms with Gasteiger partial charge in [0, 0.05) is 69.7 Å². The predicted molar refractivity (Wildman–Crippen MR) is 138 cm³/mol. The van der Waals surface area contributed by atoms with Gasteiger partial charge in [-0.1, -0.05) is 18.2 Å². The molecule has 4 rings (SSSR count). The Morgan fingerprint density at radius 3 is 2.14 bits per heavy atom. The first-order valence-corrected chi connectivity index (χ1v) is 12.7. The maximum absolute atomic E-state index is 13.4. The molecule has 2 aliphatic heterocycles. The molecule has 2 aliphatic rings. The first-order chi connectivity index (χ1) is 17.7. The van der Waals surface area contributed by atoms with Crippen LogP contribution in [0.4, 0.5) is 29.3 Å². The van der Waals surface area contributed by atoms with Gasteiger partial charge in [-0.05, 0) is 56.3 Å². The van der Waals surface area contributed by atoms with Crippen molar-refractivity contribution in [1.29, 1.82) is 0 Å². The quantitative estimate of drug-likeness (QED) is 0.618. The molecule has 0 atom stereocenters. The van der Waals surface area contributed by atoms with Crippen molar-refractivity contribution in [2.45, 2.75) is 31.5 Å². The van der Waals surface area contributed by atoms with Crippen LogP contribution >= 0.6 is 0 Å². The summed E-state index contributed by atoms with van der Waals surface area (Å²) >= 11 is 0. The highest BCUT2D eigenvalue weighted by Crippen LogP contribution is 2.30. The van der Waals surface area contributed by atoms with Crippen molar-refractivity contribution in [2.24, 2.45) is 0 Å². The highest BCUT2D eigenvalue weighted by atomic mass is 19.4. The first-order valence-electron chi connectivity index (χ1n) is 12.7. The van der Waals surface area contributed by atoms with Gasteiger partial charge in [0.2, 0.25) is 5.91 Å². The number of nitrogens with zero attached hydrogens (tertiary/aromatic N) is 4. The number of nitrogens with one attached hydrogen (secondary N) is 1. The summed E-state index contributed by atoms with van der Waals surface area (Å²) in [4.78, 5) is 34.3. The summed E-state index contributed by atoms with van der Waals surface area (Å²) in [5.74, 6) is 0.0813. The van der Waals surface area contributed by atoms with Gasteiger partial charge in [-0.15, -0.1) is 0 Å². The smallest absolute Gasteiger partial charge is 0.324 e. The average molecular weight is 518 g/mol. The molecule has 0 aliphatic carbocycles. The second-order valence-electron chi connectivity index (χ2n) is 9.72. The van der Waals surface area contributed by atoms with Gasteiger partial charge >= 0.3 is 12.2 Å². The Labute approximate surface area is 215 Å². The Hall–Kier alpha value is -3.11. The van der Waals surface area contributed by atoms with Crippen molar-refractivity contribution in [3.05, 3.63) is 60.2 Å². The number of likely N-dealkylation sites (N-methyl/N-ethyl adjacent to an activating group) is 1. The van der Waals surface area contributed by atoms with Crippen LogP contribution in [0, 0.1) is 0 Å². The molecule has 7 nitrogen and oxygen atoms in total. The number of benzene rings is 2. The zero-order valence-corrected chi connectivity index (χ0v) is 21.1. The molecular formula is C27H34F3N5O2. The fraction of sp³-hybridized carbons (Fsp3) is 0.481. The Morgan fingerprint density at radius 1 is 0.919 bits per heavy atom. The Balaban J connectivity index is 1.34. The molecule has 0 aromatic heterocycles. The van der Waals surface area contributed by atoms with E-state index in [0.29, 0.717) is 38.0 Å². The van der Waals surface area contributed by atoms with E-state index in [1.807, 2.05) is 35.2 Å². The number of anilines is 2. The minimum atomic E-state index is -4.42. The van der Waals surface area contributed by atoms with E-state index < -0.39 is 11.7 Å². The fourth-order valence-corrected chi connectivity index (χ4v) is 4.86. The number of hydrogen-bond acceptors (Lipinski definition) is 4. The molecule has 2 fully saturated rings. The second kappa shape index (κ2) is 12.0. The predicted octanol–water partition coefficient (Wildman–Crippen LogP) is 4.37. The van der Waals surface area contributed by atoms with E-state index in [1.54, 1.807) is 4.90 Å². The lowest BCUT2D eigenvalue weighted by Gasteiger charge is -2.39. The summed E-state index contributed by atoms with van der Waals surface area (Å²) in [5.41, 5.74) is 0.410. The largest absolute Gasteiger partial charge is 0.416 e. The van der Waals surface area contributed by atoms with Crippen LogP contribution in [0.1, 0.15) is 24.8 Å². The maximum Gasteiger partial charge on any atom is 0.416 e. The summed E-state index contributed by atoms with van der Waals surface area (Å²) in [6.07, 6.45) is -2.74. The molecule has 0 saturated carbocycles. The van der Waals surface area contributed by atoms with Gasteiger partial charge in [0.15, 0.2) is 0 Å². The summed E-state index contributed by atoms with van der Waals surface area (Å²) < 4.78 is 38.4. The van der Waals surface area contributed by atoms with Gasteiger partial charge in [-0.2, -0.15) is 13.2 Å². The number of halogens is 3. The van der Waals surface area contributed by atoms with Crippen LogP contribution in [0.3, 0.4) is 0 Å². The van der Waals surface area contributed by atoms with Crippen molar-refractivity contribution in [2.75, 3.05) is 63.1 Å². The van der Waals surface area contributed by atoms with Gasteiger partial charge in [0.25, 0.3) is 0 Å². The molecule has 2 saturated heterocycles. The van der Waals surface area contributed by atoms with Crippen molar-refractivity contribution in [1.82, 2.24) is 14.7 Å². The number of piperidine rings is 1. The molecule has 2 heterocycles. The summed E-state index contributed by atoms with van der Waals surface area (Å²) in [6.45, 7) is 5.55. The number of hydrogen-bond donors (Lipinski definition) is 1. The van der Waals surface area contributed by atoms with Crippen LogP contribution in [0.25, 0.3) is 0 Å². The molecule has 0 bridgehead atoms. The third kappa shape index (κ3) is 7.23. The molecule has 2 aromatic carbocycles. The molecular weight excluding hydrogens is 483 g/mol. The summed E-state index contributed by atoms with van der Waals surface area (Å²) in [5, 5.41) is 2.68. The zero-order chi connectivity index (χ0) is 26.4. The maximum atomic E-state index is 13.4. The molecule has 200 valence electrons. The monoisotopic (exact) mass is 517 g/mol. The lowest BCUT2D eigenvalue weighted by molar-refractivity contribution is -0.137. The molecule has 0 spiro atoms. The van der Waals surface area contributed by atoms with E-state index >= 15 is 0 Å². The van der Waals surface area contributed by atoms with Crippen molar-refractivity contribution >= 4 is 23.3 Å². The lowest BCUT2D eigenvalue weighted by atomic mass is 10.0. The number of carbonyl (C=O) groups excluding carboxylic acids is 2. The number of carbonyl (C=O) groups is 2. The van der Waals surface area contributed by atoms with Crippen LogP contribution in [-0.4, -0.2) is 85.5 Å². The molecule has 2 aromatic rings. The zero-order valence-electron chi connectivity index (χ0n) is 21.1. The van der Waals surface area contributed by atoms with E-state index in [9.17, 15) is 22.8 Å². The molecule has 0 radical (unpaired) electrons. The number of urea groups is 1. The SMILES string of the molecule is CN1CCN(CCC(=O)N(c2ccccc2)C2CCN(C(=O)Nc3ccc(C(F)(F)F)cc3)CC2)CC1. The van der Waals surface area contributed by atoms with Crippen LogP contribution < -0.4 is 10.2 Å². The number of likely N-dealkylation sites (tertiary alicyclic amines) is 1.